The van der Waals surface area contributed by atoms with E-state index in [1.807, 2.05) is 0 Å². The zero-order valence-electron chi connectivity index (χ0n) is 8.62. The predicted molar refractivity (Wildman–Crippen MR) is 52.5 cm³/mol. The molecule has 0 atom stereocenters. The average molecular weight is 225 g/mol. The van der Waals surface area contributed by atoms with Gasteiger partial charge in [-0.1, -0.05) is 18.2 Å². The topological polar surface area (TPSA) is 76.1 Å². The first-order chi connectivity index (χ1) is 7.65. The van der Waals surface area contributed by atoms with Gasteiger partial charge in [0.15, 0.2) is 0 Å². The highest BCUT2D eigenvalue weighted by molar-refractivity contribution is 5.93. The molecular formula is C10H11NO5. The Balaban J connectivity index is 2.58. The van der Waals surface area contributed by atoms with E-state index in [1.54, 1.807) is 25.1 Å². The Labute approximate surface area is 91.9 Å². The molecule has 0 fully saturated rings. The minimum absolute atomic E-state index is 0.0895. The van der Waals surface area contributed by atoms with E-state index in [9.17, 15) is 9.59 Å². The molecule has 0 unspecified atom stereocenters. The Kier molecular flexibility index (Phi) is 4.28. The van der Waals surface area contributed by atoms with Gasteiger partial charge in [-0.3, -0.25) is 14.8 Å². The standard InChI is InChI=1S/C10H11NO5/c1-2-15-10(13)16-11(14)9(12)8-6-4-3-5-7-8/h3-7,14H,2H2,1H3. The second-order valence-corrected chi connectivity index (χ2v) is 2.72. The smallest absolute Gasteiger partial charge is 0.433 e. The normalized spacial score (nSPS) is 9.38. The summed E-state index contributed by atoms with van der Waals surface area (Å²) in [5, 5.41) is 8.97. The quantitative estimate of drug-likeness (QED) is 0.470. The second-order valence-electron chi connectivity index (χ2n) is 2.72. The minimum atomic E-state index is -1.14. The van der Waals surface area contributed by atoms with E-state index in [0.29, 0.717) is 0 Å². The van der Waals surface area contributed by atoms with Crippen LogP contribution < -0.4 is 0 Å². The monoisotopic (exact) mass is 225 g/mol. The molecule has 1 aromatic rings. The Hall–Kier alpha value is -2.08. The molecule has 0 spiro atoms. The molecule has 1 N–H and O–H groups in total. The van der Waals surface area contributed by atoms with E-state index in [2.05, 4.69) is 9.57 Å². The minimum Gasteiger partial charge on any atom is -0.433 e. The van der Waals surface area contributed by atoms with Gasteiger partial charge in [-0.25, -0.2) is 4.79 Å². The van der Waals surface area contributed by atoms with Gasteiger partial charge in [0.1, 0.15) is 0 Å². The number of carbonyl (C=O) groups is 2. The number of hydrogen-bond acceptors (Lipinski definition) is 5. The lowest BCUT2D eigenvalue weighted by Gasteiger charge is -2.12. The number of carbonyl (C=O) groups excluding carboxylic acids is 2. The van der Waals surface area contributed by atoms with E-state index in [4.69, 9.17) is 5.21 Å². The second kappa shape index (κ2) is 5.72. The molecule has 1 rings (SSSR count). The fourth-order valence-corrected chi connectivity index (χ4v) is 0.947. The first kappa shape index (κ1) is 12.0. The third-order valence-corrected chi connectivity index (χ3v) is 1.62. The van der Waals surface area contributed by atoms with Crippen molar-refractivity contribution < 1.29 is 24.4 Å². The summed E-state index contributed by atoms with van der Waals surface area (Å²) < 4.78 is 4.38. The fraction of sp³-hybridized carbons (Fsp3) is 0.200. The third kappa shape index (κ3) is 3.25. The highest BCUT2D eigenvalue weighted by Crippen LogP contribution is 2.03. The molecule has 0 aliphatic carbocycles. The maximum Gasteiger partial charge on any atom is 0.535 e. The average Bonchev–Trinajstić information content (AvgIpc) is 2.29. The van der Waals surface area contributed by atoms with Crippen molar-refractivity contribution in [2.24, 2.45) is 0 Å². The van der Waals surface area contributed by atoms with E-state index in [0.717, 1.165) is 0 Å². The summed E-state index contributed by atoms with van der Waals surface area (Å²) in [5.74, 6) is -0.853. The van der Waals surface area contributed by atoms with Gasteiger partial charge >= 0.3 is 12.1 Å². The number of nitrogens with zero attached hydrogens (tertiary/aromatic N) is 1. The van der Waals surface area contributed by atoms with Crippen LogP contribution in [0.15, 0.2) is 30.3 Å². The van der Waals surface area contributed by atoms with Gasteiger partial charge in [0.05, 0.1) is 6.61 Å². The van der Waals surface area contributed by atoms with Gasteiger partial charge in [-0.05, 0) is 24.3 Å². The number of ether oxygens (including phenoxy) is 1. The number of hydroxylamine groups is 2. The molecule has 0 saturated heterocycles. The Bertz CT molecular complexity index is 365. The van der Waals surface area contributed by atoms with Crippen LogP contribution in [0, 0.1) is 0 Å². The Morgan fingerprint density at radius 3 is 2.50 bits per heavy atom. The van der Waals surface area contributed by atoms with E-state index in [-0.39, 0.29) is 17.4 Å². The lowest BCUT2D eigenvalue weighted by Crippen LogP contribution is -2.30. The van der Waals surface area contributed by atoms with Crippen LogP contribution in [0.3, 0.4) is 0 Å². The molecule has 6 nitrogen and oxygen atoms in total. The molecule has 0 radical (unpaired) electrons. The van der Waals surface area contributed by atoms with Crippen LogP contribution in [0.5, 0.6) is 0 Å². The molecule has 1 aromatic carbocycles. The molecule has 0 heterocycles. The van der Waals surface area contributed by atoms with Crippen molar-refractivity contribution in [3.05, 3.63) is 35.9 Å². The van der Waals surface area contributed by atoms with E-state index < -0.39 is 12.1 Å². The van der Waals surface area contributed by atoms with Gasteiger partial charge in [0.25, 0.3) is 0 Å². The molecule has 1 amide bonds. The van der Waals surface area contributed by atoms with Crippen LogP contribution in [0.1, 0.15) is 17.3 Å². The van der Waals surface area contributed by atoms with Gasteiger partial charge in [-0.15, -0.1) is 0 Å². The Morgan fingerprint density at radius 1 is 1.31 bits per heavy atom. The highest BCUT2D eigenvalue weighted by atomic mass is 16.9. The van der Waals surface area contributed by atoms with Gasteiger partial charge < -0.3 is 4.74 Å². The van der Waals surface area contributed by atoms with Crippen LogP contribution in [0.2, 0.25) is 0 Å². The zero-order chi connectivity index (χ0) is 12.0. The van der Waals surface area contributed by atoms with Crippen molar-refractivity contribution >= 4 is 12.1 Å². The van der Waals surface area contributed by atoms with Crippen molar-refractivity contribution in [3.63, 3.8) is 0 Å². The zero-order valence-corrected chi connectivity index (χ0v) is 8.62. The van der Waals surface area contributed by atoms with Crippen LogP contribution in [-0.2, 0) is 9.57 Å². The molecule has 0 aliphatic heterocycles. The SMILES string of the molecule is CCOC(=O)ON(O)C(=O)c1ccccc1. The first-order valence-corrected chi connectivity index (χ1v) is 4.58. The fourth-order valence-electron chi connectivity index (χ4n) is 0.947. The maximum absolute atomic E-state index is 11.4. The molecular weight excluding hydrogens is 214 g/mol. The molecule has 86 valence electrons. The summed E-state index contributed by atoms with van der Waals surface area (Å²) in [7, 11) is 0. The maximum atomic E-state index is 11.4. The number of rotatable bonds is 2. The highest BCUT2D eigenvalue weighted by Gasteiger charge is 2.18. The summed E-state index contributed by atoms with van der Waals surface area (Å²) >= 11 is 0. The van der Waals surface area contributed by atoms with Crippen LogP contribution in [-0.4, -0.2) is 29.1 Å². The molecule has 0 aromatic heterocycles. The summed E-state index contributed by atoms with van der Waals surface area (Å²) in [5.41, 5.74) is 0.189. The predicted octanol–water partition coefficient (Wildman–Crippen LogP) is 1.61. The van der Waals surface area contributed by atoms with Crippen molar-refractivity contribution in [1.82, 2.24) is 5.23 Å². The van der Waals surface area contributed by atoms with E-state index in [1.165, 1.54) is 12.1 Å². The Morgan fingerprint density at radius 2 is 1.94 bits per heavy atom. The lowest BCUT2D eigenvalue weighted by atomic mass is 10.2. The van der Waals surface area contributed by atoms with Crippen molar-refractivity contribution in [2.45, 2.75) is 6.92 Å². The van der Waals surface area contributed by atoms with Crippen LogP contribution in [0.4, 0.5) is 4.79 Å². The molecule has 0 saturated carbocycles. The third-order valence-electron chi connectivity index (χ3n) is 1.62. The van der Waals surface area contributed by atoms with Crippen molar-refractivity contribution in [3.8, 4) is 0 Å². The van der Waals surface area contributed by atoms with Gasteiger partial charge in [0.2, 0.25) is 0 Å². The molecule has 6 heteroatoms. The molecule has 0 bridgehead atoms. The van der Waals surface area contributed by atoms with Crippen LogP contribution in [0.25, 0.3) is 0 Å². The number of amides is 1. The molecule has 16 heavy (non-hydrogen) atoms. The van der Waals surface area contributed by atoms with E-state index >= 15 is 0 Å². The lowest BCUT2D eigenvalue weighted by molar-refractivity contribution is -0.267. The summed E-state index contributed by atoms with van der Waals surface area (Å²) in [4.78, 5) is 26.4. The summed E-state index contributed by atoms with van der Waals surface area (Å²) in [6.45, 7) is 1.66. The van der Waals surface area contributed by atoms with Gasteiger partial charge in [0, 0.05) is 5.56 Å². The van der Waals surface area contributed by atoms with Crippen LogP contribution >= 0.6 is 0 Å². The summed E-state index contributed by atoms with van der Waals surface area (Å²) in [6.07, 6.45) is -1.14. The van der Waals surface area contributed by atoms with Crippen molar-refractivity contribution in [2.75, 3.05) is 6.61 Å². The largest absolute Gasteiger partial charge is 0.535 e. The number of hydrogen-bond donors (Lipinski definition) is 1. The summed E-state index contributed by atoms with van der Waals surface area (Å²) in [6, 6.07) is 7.89. The first-order valence-electron chi connectivity index (χ1n) is 4.58. The number of benzene rings is 1. The van der Waals surface area contributed by atoms with Crippen molar-refractivity contribution in [1.29, 1.82) is 0 Å². The molecule has 0 aliphatic rings. The van der Waals surface area contributed by atoms with Gasteiger partial charge in [-0.2, -0.15) is 0 Å².